The number of aliphatic carboxylic acids is 1. The first-order valence-electron chi connectivity index (χ1n) is 15.0. The summed E-state index contributed by atoms with van der Waals surface area (Å²) in [6, 6.07) is 10.3. The molecule has 2 bridgehead atoms. The molecule has 38 heavy (non-hydrogen) atoms. The molecule has 4 heterocycles. The Morgan fingerprint density at radius 1 is 0.947 bits per heavy atom. The Labute approximate surface area is 225 Å². The smallest absolute Gasteiger partial charge is 0.317 e. The zero-order chi connectivity index (χ0) is 26.2. The Kier molecular flexibility index (Phi) is 7.45. The third-order valence-electron chi connectivity index (χ3n) is 9.87. The highest BCUT2D eigenvalue weighted by molar-refractivity contribution is 5.76. The molecule has 1 saturated carbocycles. The molecule has 3 saturated heterocycles. The van der Waals surface area contributed by atoms with Gasteiger partial charge in [0.05, 0.1) is 17.6 Å². The average molecular weight is 522 g/mol. The van der Waals surface area contributed by atoms with Crippen molar-refractivity contribution < 1.29 is 9.90 Å². The fourth-order valence-corrected chi connectivity index (χ4v) is 8.07. The number of carboxylic acid groups (broad SMARTS) is 1. The number of anilines is 1. The van der Waals surface area contributed by atoms with Gasteiger partial charge in [0.25, 0.3) is 5.56 Å². The number of hydrogen-bond donors (Lipinski definition) is 1. The standard InChI is InChI=1S/C30H43N5O3/c1-32(20-28(36)37)24-15-16-33(19-24)29-30(38)35(27-12-8-7-11-26(27)31-29)25-17-22-13-14-23(18-25)34(22)21-9-5-3-2-4-6-10-21/h7-8,11-12,21-25H,2-6,9-10,13-20H2,1H3,(H,36,37)/t22-,23?,24?,25?/m0/s1. The number of nitrogens with zero attached hydrogens (tertiary/aromatic N) is 5. The molecule has 4 fully saturated rings. The van der Waals surface area contributed by atoms with Gasteiger partial charge in [-0.3, -0.25) is 19.4 Å². The third-order valence-corrected chi connectivity index (χ3v) is 9.87. The van der Waals surface area contributed by atoms with E-state index in [4.69, 9.17) is 4.98 Å². The first-order valence-corrected chi connectivity index (χ1v) is 15.0. The molecule has 3 aliphatic heterocycles. The van der Waals surface area contributed by atoms with Crippen molar-refractivity contribution in [1.29, 1.82) is 0 Å². The summed E-state index contributed by atoms with van der Waals surface area (Å²) in [6.07, 6.45) is 15.0. The number of benzene rings is 1. The number of fused-ring (bicyclic) bond motifs is 3. The van der Waals surface area contributed by atoms with E-state index in [9.17, 15) is 14.7 Å². The average Bonchev–Trinajstić information content (AvgIpc) is 3.46. The minimum absolute atomic E-state index is 0.0102. The van der Waals surface area contributed by atoms with Gasteiger partial charge in [-0.15, -0.1) is 0 Å². The molecule has 0 spiro atoms. The van der Waals surface area contributed by atoms with Crippen molar-refractivity contribution in [2.45, 2.75) is 107 Å². The second-order valence-corrected chi connectivity index (χ2v) is 12.3. The van der Waals surface area contributed by atoms with Crippen LogP contribution in [0.5, 0.6) is 0 Å². The van der Waals surface area contributed by atoms with Crippen molar-refractivity contribution in [3.8, 4) is 0 Å². The Hall–Kier alpha value is -2.45. The molecule has 8 heteroatoms. The van der Waals surface area contributed by atoms with E-state index in [1.54, 1.807) is 0 Å². The van der Waals surface area contributed by atoms with E-state index in [1.807, 2.05) is 30.1 Å². The number of hydrogen-bond acceptors (Lipinski definition) is 6. The van der Waals surface area contributed by atoms with E-state index in [0.717, 1.165) is 42.9 Å². The van der Waals surface area contributed by atoms with Gasteiger partial charge in [-0.05, 0) is 64.1 Å². The predicted octanol–water partition coefficient (Wildman–Crippen LogP) is 4.27. The Balaban J connectivity index is 1.28. The van der Waals surface area contributed by atoms with Crippen LogP contribution in [-0.2, 0) is 4.79 Å². The molecule has 2 aromatic rings. The van der Waals surface area contributed by atoms with Crippen LogP contribution in [-0.4, -0.2) is 81.3 Å². The van der Waals surface area contributed by atoms with Crippen LogP contribution < -0.4 is 10.5 Å². The van der Waals surface area contributed by atoms with Gasteiger partial charge in [-0.1, -0.05) is 44.2 Å². The molecule has 4 atom stereocenters. The van der Waals surface area contributed by atoms with Gasteiger partial charge < -0.3 is 14.6 Å². The van der Waals surface area contributed by atoms with Crippen LogP contribution in [0.15, 0.2) is 29.1 Å². The largest absolute Gasteiger partial charge is 0.480 e. The zero-order valence-electron chi connectivity index (χ0n) is 22.8. The van der Waals surface area contributed by atoms with Crippen molar-refractivity contribution >= 4 is 22.8 Å². The van der Waals surface area contributed by atoms with Crippen LogP contribution in [0, 0.1) is 0 Å². The van der Waals surface area contributed by atoms with Crippen LogP contribution in [0.2, 0.25) is 0 Å². The number of aromatic nitrogens is 2. The highest BCUT2D eigenvalue weighted by Crippen LogP contribution is 2.44. The number of rotatable bonds is 6. The lowest BCUT2D eigenvalue weighted by atomic mass is 9.89. The van der Waals surface area contributed by atoms with Gasteiger partial charge in [0, 0.05) is 43.3 Å². The molecule has 206 valence electrons. The summed E-state index contributed by atoms with van der Waals surface area (Å²) in [5.41, 5.74) is 1.84. The zero-order valence-corrected chi connectivity index (χ0v) is 22.8. The van der Waals surface area contributed by atoms with Crippen LogP contribution >= 0.6 is 0 Å². The maximum absolute atomic E-state index is 14.2. The SMILES string of the molecule is CN(CC(=O)O)C1CCN(c2nc3ccccc3n(C3CC4CC[C@@H](C3)N4C3CCCCCCC3)c2=O)C1. The highest BCUT2D eigenvalue weighted by Gasteiger charge is 2.45. The van der Waals surface area contributed by atoms with Crippen molar-refractivity contribution in [2.75, 3.05) is 31.6 Å². The lowest BCUT2D eigenvalue weighted by Crippen LogP contribution is -2.50. The maximum Gasteiger partial charge on any atom is 0.317 e. The van der Waals surface area contributed by atoms with Crippen molar-refractivity contribution in [3.05, 3.63) is 34.6 Å². The lowest BCUT2D eigenvalue weighted by molar-refractivity contribution is -0.138. The van der Waals surface area contributed by atoms with Gasteiger partial charge in [0.15, 0.2) is 5.82 Å². The van der Waals surface area contributed by atoms with E-state index in [2.05, 4.69) is 20.4 Å². The van der Waals surface area contributed by atoms with Crippen LogP contribution in [0.3, 0.4) is 0 Å². The molecular formula is C30H43N5O3. The fourth-order valence-electron chi connectivity index (χ4n) is 8.07. The molecule has 1 N–H and O–H groups in total. The fraction of sp³-hybridized carbons (Fsp3) is 0.700. The minimum Gasteiger partial charge on any atom is -0.480 e. The quantitative estimate of drug-likeness (QED) is 0.608. The molecular weight excluding hydrogens is 478 g/mol. The van der Waals surface area contributed by atoms with E-state index in [-0.39, 0.29) is 24.2 Å². The number of carbonyl (C=O) groups is 1. The molecule has 1 aromatic heterocycles. The second-order valence-electron chi connectivity index (χ2n) is 12.3. The molecule has 0 radical (unpaired) electrons. The summed E-state index contributed by atoms with van der Waals surface area (Å²) in [5.74, 6) is -0.290. The van der Waals surface area contributed by atoms with E-state index < -0.39 is 5.97 Å². The van der Waals surface area contributed by atoms with Gasteiger partial charge in [-0.25, -0.2) is 4.98 Å². The summed E-state index contributed by atoms with van der Waals surface area (Å²) in [5, 5.41) is 9.22. The predicted molar refractivity (Wildman–Crippen MR) is 150 cm³/mol. The molecule has 0 amide bonds. The topological polar surface area (TPSA) is 81.9 Å². The van der Waals surface area contributed by atoms with Crippen LogP contribution in [0.25, 0.3) is 11.0 Å². The molecule has 6 rings (SSSR count). The Morgan fingerprint density at radius 3 is 2.34 bits per heavy atom. The third kappa shape index (κ3) is 4.97. The molecule has 8 nitrogen and oxygen atoms in total. The number of piperidine rings is 1. The molecule has 1 aromatic carbocycles. The summed E-state index contributed by atoms with van der Waals surface area (Å²) in [6.45, 7) is 1.37. The van der Waals surface area contributed by atoms with Crippen molar-refractivity contribution in [3.63, 3.8) is 0 Å². The summed E-state index contributed by atoms with van der Waals surface area (Å²) < 4.78 is 2.09. The highest BCUT2D eigenvalue weighted by atomic mass is 16.4. The van der Waals surface area contributed by atoms with Crippen molar-refractivity contribution in [1.82, 2.24) is 19.4 Å². The summed E-state index contributed by atoms with van der Waals surface area (Å²) in [7, 11) is 1.86. The number of carboxylic acids is 1. The van der Waals surface area contributed by atoms with E-state index in [1.165, 1.54) is 57.8 Å². The maximum atomic E-state index is 14.2. The number of para-hydroxylation sites is 2. The van der Waals surface area contributed by atoms with E-state index in [0.29, 0.717) is 24.4 Å². The summed E-state index contributed by atoms with van der Waals surface area (Å²) >= 11 is 0. The van der Waals surface area contributed by atoms with Gasteiger partial charge in [0.2, 0.25) is 0 Å². The molecule has 1 aliphatic carbocycles. The monoisotopic (exact) mass is 521 g/mol. The Morgan fingerprint density at radius 2 is 1.63 bits per heavy atom. The molecule has 3 unspecified atom stereocenters. The van der Waals surface area contributed by atoms with Gasteiger partial charge in [-0.2, -0.15) is 0 Å². The lowest BCUT2D eigenvalue weighted by Gasteiger charge is -2.45. The van der Waals surface area contributed by atoms with Gasteiger partial charge >= 0.3 is 5.97 Å². The Bertz CT molecular complexity index is 1190. The first kappa shape index (κ1) is 25.8. The normalized spacial score (nSPS) is 29.2. The second kappa shape index (κ2) is 11.0. The first-order chi connectivity index (χ1) is 18.5. The van der Waals surface area contributed by atoms with Gasteiger partial charge in [0.1, 0.15) is 0 Å². The number of likely N-dealkylation sites (N-methyl/N-ethyl adjacent to an activating group) is 1. The summed E-state index contributed by atoms with van der Waals surface area (Å²) in [4.78, 5) is 37.1. The van der Waals surface area contributed by atoms with Crippen LogP contribution in [0.1, 0.15) is 83.1 Å². The van der Waals surface area contributed by atoms with Crippen LogP contribution in [0.4, 0.5) is 5.82 Å². The minimum atomic E-state index is -0.822. The molecule has 4 aliphatic rings. The van der Waals surface area contributed by atoms with Crippen molar-refractivity contribution in [2.24, 2.45) is 0 Å². The van der Waals surface area contributed by atoms with E-state index >= 15 is 0 Å².